The van der Waals surface area contributed by atoms with Crippen LogP contribution in [0.15, 0.2) is 24.0 Å². The molecule has 3 rings (SSSR count). The van der Waals surface area contributed by atoms with Gasteiger partial charge in [0.05, 0.1) is 17.8 Å². The van der Waals surface area contributed by atoms with E-state index in [1.807, 2.05) is 20.8 Å². The molecule has 0 saturated carbocycles. The number of rotatable bonds is 2. The maximum atomic E-state index is 10.3. The molecule has 3 N–H and O–H groups in total. The summed E-state index contributed by atoms with van der Waals surface area (Å²) in [7, 11) is 0. The number of hydrogen-bond acceptors (Lipinski definition) is 5. The van der Waals surface area contributed by atoms with Crippen LogP contribution in [0.1, 0.15) is 21.1 Å². The molecule has 1 aliphatic rings. The quantitative estimate of drug-likeness (QED) is 0.792. The van der Waals surface area contributed by atoms with Crippen molar-refractivity contribution in [3.05, 3.63) is 45.1 Å². The summed E-state index contributed by atoms with van der Waals surface area (Å²) in [5.74, 6) is 0.585. The number of phenols is 1. The Balaban J connectivity index is 1.99. The Kier molecular flexibility index (Phi) is 3.41. The van der Waals surface area contributed by atoms with Crippen molar-refractivity contribution >= 4 is 28.4 Å². The third kappa shape index (κ3) is 2.25. The highest BCUT2D eigenvalue weighted by molar-refractivity contribution is 7.13. The molecule has 2 aromatic rings. The molecule has 1 aromatic heterocycles. The smallest absolute Gasteiger partial charge is 0.139 e. The molecule has 1 aliphatic heterocycles. The molecular formula is C16H17N3O2S. The number of aliphatic hydroxyl groups excluding tert-OH is 1. The van der Waals surface area contributed by atoms with Gasteiger partial charge in [0, 0.05) is 10.6 Å². The molecule has 0 bridgehead atoms. The molecular weight excluding hydrogens is 298 g/mol. The van der Waals surface area contributed by atoms with Crippen molar-refractivity contribution in [3.8, 4) is 5.75 Å². The van der Waals surface area contributed by atoms with E-state index in [9.17, 15) is 10.2 Å². The minimum atomic E-state index is 0.159. The summed E-state index contributed by atoms with van der Waals surface area (Å²) in [6.07, 6.45) is 0. The average molecular weight is 315 g/mol. The Bertz CT molecular complexity index is 788. The fourth-order valence-corrected chi connectivity index (χ4v) is 3.51. The van der Waals surface area contributed by atoms with Crippen molar-refractivity contribution in [3.63, 3.8) is 0 Å². The zero-order chi connectivity index (χ0) is 16.0. The Morgan fingerprint density at radius 1 is 1.23 bits per heavy atom. The standard InChI is InChI=1S/C16H17N3O2S/c1-8-6-11(20)4-5-12(8)19-7-13(21)14(15(19)17)16-18-9(2)10(3)22-16/h4-6,17,20-21H,7H2,1-3H3. The number of phenolic OH excluding ortho intramolecular Hbond substituents is 1. The molecule has 0 amide bonds. The van der Waals surface area contributed by atoms with Crippen LogP contribution >= 0.6 is 11.3 Å². The molecule has 0 saturated heterocycles. The van der Waals surface area contributed by atoms with Crippen LogP contribution in [0.4, 0.5) is 5.69 Å². The zero-order valence-corrected chi connectivity index (χ0v) is 13.5. The van der Waals surface area contributed by atoms with Crippen molar-refractivity contribution in [1.29, 1.82) is 5.41 Å². The number of thiazole rings is 1. The van der Waals surface area contributed by atoms with Crippen molar-refractivity contribution < 1.29 is 10.2 Å². The Morgan fingerprint density at radius 3 is 2.55 bits per heavy atom. The minimum absolute atomic E-state index is 0.159. The summed E-state index contributed by atoms with van der Waals surface area (Å²) in [6.45, 7) is 6.02. The van der Waals surface area contributed by atoms with E-state index in [1.54, 1.807) is 23.1 Å². The number of nitrogens with one attached hydrogen (secondary N) is 1. The van der Waals surface area contributed by atoms with Crippen molar-refractivity contribution in [2.45, 2.75) is 20.8 Å². The molecule has 6 heteroatoms. The van der Waals surface area contributed by atoms with E-state index in [1.165, 1.54) is 11.3 Å². The van der Waals surface area contributed by atoms with Crippen LogP contribution < -0.4 is 4.90 Å². The van der Waals surface area contributed by atoms with Gasteiger partial charge in [-0.2, -0.15) is 0 Å². The maximum absolute atomic E-state index is 10.3. The van der Waals surface area contributed by atoms with Crippen molar-refractivity contribution in [1.82, 2.24) is 4.98 Å². The van der Waals surface area contributed by atoms with E-state index in [2.05, 4.69) is 4.98 Å². The highest BCUT2D eigenvalue weighted by Crippen LogP contribution is 2.35. The predicted molar refractivity (Wildman–Crippen MR) is 89.1 cm³/mol. The molecule has 0 unspecified atom stereocenters. The van der Waals surface area contributed by atoms with Gasteiger partial charge in [-0.15, -0.1) is 11.3 Å². The van der Waals surface area contributed by atoms with Crippen molar-refractivity contribution in [2.24, 2.45) is 0 Å². The van der Waals surface area contributed by atoms with E-state index in [0.29, 0.717) is 10.6 Å². The van der Waals surface area contributed by atoms with Gasteiger partial charge in [-0.05, 0) is 44.5 Å². The van der Waals surface area contributed by atoms with Crippen LogP contribution in [0.3, 0.4) is 0 Å². The summed E-state index contributed by atoms with van der Waals surface area (Å²) in [6, 6.07) is 4.99. The third-order valence-corrected chi connectivity index (χ3v) is 4.91. The van der Waals surface area contributed by atoms with E-state index >= 15 is 0 Å². The number of anilines is 1. The summed E-state index contributed by atoms with van der Waals surface area (Å²) in [4.78, 5) is 7.26. The van der Waals surface area contributed by atoms with E-state index < -0.39 is 0 Å². The summed E-state index contributed by atoms with van der Waals surface area (Å²) < 4.78 is 0. The van der Waals surface area contributed by atoms with Gasteiger partial charge in [0.25, 0.3) is 0 Å². The fraction of sp³-hybridized carbons (Fsp3) is 0.250. The van der Waals surface area contributed by atoms with Crippen LogP contribution in [0.5, 0.6) is 5.75 Å². The van der Waals surface area contributed by atoms with Gasteiger partial charge in [-0.25, -0.2) is 4.98 Å². The normalized spacial score (nSPS) is 15.0. The zero-order valence-electron chi connectivity index (χ0n) is 12.6. The molecule has 0 atom stereocenters. The monoisotopic (exact) mass is 315 g/mol. The minimum Gasteiger partial charge on any atom is -0.510 e. The van der Waals surface area contributed by atoms with Gasteiger partial charge in [-0.3, -0.25) is 5.41 Å². The van der Waals surface area contributed by atoms with Crippen LogP contribution in [-0.2, 0) is 0 Å². The Morgan fingerprint density at radius 2 is 1.95 bits per heavy atom. The van der Waals surface area contributed by atoms with Crippen LogP contribution in [0.25, 0.3) is 5.57 Å². The second-order valence-corrected chi connectivity index (χ2v) is 6.59. The number of aromatic nitrogens is 1. The largest absolute Gasteiger partial charge is 0.510 e. The lowest BCUT2D eigenvalue weighted by Crippen LogP contribution is -2.26. The van der Waals surface area contributed by atoms with E-state index in [4.69, 9.17) is 5.41 Å². The maximum Gasteiger partial charge on any atom is 0.139 e. The van der Waals surface area contributed by atoms with E-state index in [-0.39, 0.29) is 23.9 Å². The second-order valence-electron chi connectivity index (χ2n) is 5.39. The second kappa shape index (κ2) is 5.14. The molecule has 5 nitrogen and oxygen atoms in total. The van der Waals surface area contributed by atoms with Gasteiger partial charge in [0.15, 0.2) is 0 Å². The lowest BCUT2D eigenvalue weighted by molar-refractivity contribution is 0.411. The topological polar surface area (TPSA) is 80.4 Å². The number of amidine groups is 1. The number of aliphatic hydroxyl groups is 1. The fourth-order valence-electron chi connectivity index (χ4n) is 2.53. The third-order valence-electron chi connectivity index (χ3n) is 3.82. The molecule has 22 heavy (non-hydrogen) atoms. The van der Waals surface area contributed by atoms with E-state index in [0.717, 1.165) is 21.8 Å². The highest BCUT2D eigenvalue weighted by atomic mass is 32.1. The van der Waals surface area contributed by atoms with Gasteiger partial charge in [0.1, 0.15) is 22.4 Å². The van der Waals surface area contributed by atoms with Gasteiger partial charge >= 0.3 is 0 Å². The number of hydrogen-bond donors (Lipinski definition) is 3. The number of aromatic hydroxyl groups is 1. The first-order valence-electron chi connectivity index (χ1n) is 6.91. The summed E-state index contributed by atoms with van der Waals surface area (Å²) in [5, 5.41) is 28.9. The first-order valence-corrected chi connectivity index (χ1v) is 7.72. The number of nitrogens with zero attached hydrogens (tertiary/aromatic N) is 2. The SMILES string of the molecule is Cc1cc(O)ccc1N1CC(O)=C(c2nc(C)c(C)s2)C1=N. The number of benzene rings is 1. The number of aryl methyl sites for hydroxylation is 3. The first kappa shape index (κ1) is 14.6. The summed E-state index contributed by atoms with van der Waals surface area (Å²) in [5.41, 5.74) is 3.07. The Hall–Kier alpha value is -2.34. The van der Waals surface area contributed by atoms with Crippen LogP contribution in [0.2, 0.25) is 0 Å². The summed E-state index contributed by atoms with van der Waals surface area (Å²) >= 11 is 1.49. The van der Waals surface area contributed by atoms with Crippen molar-refractivity contribution in [2.75, 3.05) is 11.4 Å². The average Bonchev–Trinajstić information content (AvgIpc) is 2.90. The Labute approximate surface area is 132 Å². The lowest BCUT2D eigenvalue weighted by atomic mass is 10.1. The molecule has 0 radical (unpaired) electrons. The molecule has 1 aromatic carbocycles. The lowest BCUT2D eigenvalue weighted by Gasteiger charge is -2.20. The predicted octanol–water partition coefficient (Wildman–Crippen LogP) is 3.54. The van der Waals surface area contributed by atoms with Crippen LogP contribution in [0, 0.1) is 26.2 Å². The first-order chi connectivity index (χ1) is 10.4. The van der Waals surface area contributed by atoms with Gasteiger partial charge < -0.3 is 15.1 Å². The van der Waals surface area contributed by atoms with Crippen LogP contribution in [-0.4, -0.2) is 27.6 Å². The molecule has 0 spiro atoms. The van der Waals surface area contributed by atoms with Gasteiger partial charge in [0.2, 0.25) is 0 Å². The molecule has 2 heterocycles. The van der Waals surface area contributed by atoms with Gasteiger partial charge in [-0.1, -0.05) is 0 Å². The molecule has 0 fully saturated rings. The highest BCUT2D eigenvalue weighted by Gasteiger charge is 2.32. The molecule has 0 aliphatic carbocycles. The molecule has 114 valence electrons.